The van der Waals surface area contributed by atoms with E-state index >= 15 is 0 Å². The van der Waals surface area contributed by atoms with Gasteiger partial charge >= 0.3 is 0 Å². The molecule has 4 nitrogen and oxygen atoms in total. The van der Waals surface area contributed by atoms with Crippen LogP contribution < -0.4 is 5.73 Å². The fourth-order valence-corrected chi connectivity index (χ4v) is 1.52. The van der Waals surface area contributed by atoms with E-state index < -0.39 is 27.5 Å². The first-order valence-electron chi connectivity index (χ1n) is 4.40. The normalized spacial score (nSPS) is 10.9. The molecule has 0 bridgehead atoms. The molecule has 0 saturated heterocycles. The summed E-state index contributed by atoms with van der Waals surface area (Å²) in [6, 6.07) is 0.529. The summed E-state index contributed by atoms with van der Waals surface area (Å²) in [7, 11) is 0. The van der Waals surface area contributed by atoms with E-state index in [1.54, 1.807) is 0 Å². The summed E-state index contributed by atoms with van der Waals surface area (Å²) in [4.78, 5) is 3.67. The van der Waals surface area contributed by atoms with Crippen LogP contribution in [-0.4, -0.2) is 10.1 Å². The van der Waals surface area contributed by atoms with Gasteiger partial charge in [0.15, 0.2) is 5.82 Å². The Kier molecular flexibility index (Phi) is 3.16. The van der Waals surface area contributed by atoms with Crippen LogP contribution in [0.4, 0.5) is 13.2 Å². The smallest absolute Gasteiger partial charge is 0.240 e. The third-order valence-electron chi connectivity index (χ3n) is 1.98. The fraction of sp³-hybridized carbons (Fsp3) is 0.111. The lowest BCUT2D eigenvalue weighted by atomic mass is 10.2. The third-order valence-corrected chi connectivity index (χ3v) is 2.71. The molecule has 0 unspecified atom stereocenters. The summed E-state index contributed by atoms with van der Waals surface area (Å²) in [5.74, 6) is -3.59. The van der Waals surface area contributed by atoms with Crippen molar-refractivity contribution in [3.05, 3.63) is 33.9 Å². The maximum absolute atomic E-state index is 13.6. The van der Waals surface area contributed by atoms with Gasteiger partial charge in [-0.1, -0.05) is 5.16 Å². The van der Waals surface area contributed by atoms with Crippen molar-refractivity contribution in [3.63, 3.8) is 0 Å². The minimum atomic E-state index is -1.13. The number of nitrogens with zero attached hydrogens (tertiary/aromatic N) is 2. The molecule has 1 aromatic heterocycles. The van der Waals surface area contributed by atoms with Crippen molar-refractivity contribution in [1.82, 2.24) is 10.1 Å². The lowest BCUT2D eigenvalue weighted by Gasteiger charge is -2.03. The number of rotatable bonds is 2. The maximum atomic E-state index is 13.6. The molecule has 1 aromatic carbocycles. The molecule has 2 aromatic rings. The van der Waals surface area contributed by atoms with Crippen molar-refractivity contribution >= 4 is 15.9 Å². The van der Waals surface area contributed by atoms with Crippen LogP contribution >= 0.6 is 15.9 Å². The van der Waals surface area contributed by atoms with Gasteiger partial charge in [-0.15, -0.1) is 0 Å². The first-order chi connectivity index (χ1) is 8.04. The van der Waals surface area contributed by atoms with Gasteiger partial charge in [0.2, 0.25) is 11.7 Å². The van der Waals surface area contributed by atoms with E-state index in [1.807, 2.05) is 0 Å². The van der Waals surface area contributed by atoms with Crippen LogP contribution in [0.2, 0.25) is 0 Å². The lowest BCUT2D eigenvalue weighted by Crippen LogP contribution is -1.98. The number of halogens is 4. The van der Waals surface area contributed by atoms with Crippen LogP contribution in [-0.2, 0) is 6.54 Å². The minimum Gasteiger partial charge on any atom is -0.338 e. The molecule has 8 heteroatoms. The van der Waals surface area contributed by atoms with E-state index in [-0.39, 0.29) is 18.3 Å². The largest absolute Gasteiger partial charge is 0.338 e. The van der Waals surface area contributed by atoms with Gasteiger partial charge in [0.1, 0.15) is 11.6 Å². The summed E-state index contributed by atoms with van der Waals surface area (Å²) in [5, 5.41) is 3.36. The zero-order valence-electron chi connectivity index (χ0n) is 8.18. The molecular formula is C9H5BrF3N3O. The van der Waals surface area contributed by atoms with E-state index in [4.69, 9.17) is 5.73 Å². The molecule has 17 heavy (non-hydrogen) atoms. The van der Waals surface area contributed by atoms with Crippen molar-refractivity contribution < 1.29 is 17.7 Å². The first-order valence-corrected chi connectivity index (χ1v) is 5.20. The van der Waals surface area contributed by atoms with Gasteiger partial charge in [-0.2, -0.15) is 4.98 Å². The van der Waals surface area contributed by atoms with Crippen LogP contribution in [0, 0.1) is 17.5 Å². The van der Waals surface area contributed by atoms with E-state index in [0.29, 0.717) is 6.07 Å². The second-order valence-corrected chi connectivity index (χ2v) is 3.85. The van der Waals surface area contributed by atoms with Crippen molar-refractivity contribution in [1.29, 1.82) is 0 Å². The highest BCUT2D eigenvalue weighted by Crippen LogP contribution is 2.30. The van der Waals surface area contributed by atoms with Gasteiger partial charge in [-0.25, -0.2) is 13.2 Å². The summed E-state index contributed by atoms with van der Waals surface area (Å²) >= 11 is 2.66. The molecule has 0 aliphatic carbocycles. The predicted octanol–water partition coefficient (Wildman–Crippen LogP) is 2.38. The van der Waals surface area contributed by atoms with Crippen LogP contribution in [0.3, 0.4) is 0 Å². The molecular weight excluding hydrogens is 303 g/mol. The van der Waals surface area contributed by atoms with Gasteiger partial charge < -0.3 is 10.3 Å². The van der Waals surface area contributed by atoms with Crippen LogP contribution in [0.5, 0.6) is 0 Å². The quantitative estimate of drug-likeness (QED) is 0.683. The molecule has 0 aliphatic heterocycles. The molecule has 0 amide bonds. The molecule has 2 N–H and O–H groups in total. The monoisotopic (exact) mass is 307 g/mol. The van der Waals surface area contributed by atoms with Crippen molar-refractivity contribution in [2.24, 2.45) is 5.73 Å². The zero-order chi connectivity index (χ0) is 12.6. The Balaban J connectivity index is 2.62. The number of benzene rings is 1. The highest BCUT2D eigenvalue weighted by atomic mass is 79.9. The Hall–Kier alpha value is -1.41. The van der Waals surface area contributed by atoms with Crippen molar-refractivity contribution in [2.45, 2.75) is 6.54 Å². The average molecular weight is 308 g/mol. The van der Waals surface area contributed by atoms with E-state index in [0.717, 1.165) is 0 Å². The molecule has 0 aliphatic rings. The maximum Gasteiger partial charge on any atom is 0.240 e. The highest BCUT2D eigenvalue weighted by Gasteiger charge is 2.22. The average Bonchev–Trinajstić information content (AvgIpc) is 2.74. The van der Waals surface area contributed by atoms with Gasteiger partial charge in [0.25, 0.3) is 0 Å². The zero-order valence-corrected chi connectivity index (χ0v) is 9.76. The van der Waals surface area contributed by atoms with Crippen molar-refractivity contribution in [2.75, 3.05) is 0 Å². The van der Waals surface area contributed by atoms with Crippen LogP contribution in [0.15, 0.2) is 15.1 Å². The Bertz CT molecular complexity index is 573. The van der Waals surface area contributed by atoms with Gasteiger partial charge in [0, 0.05) is 6.07 Å². The summed E-state index contributed by atoms with van der Waals surface area (Å²) in [6.45, 7) is -0.0569. The molecule has 1 heterocycles. The topological polar surface area (TPSA) is 64.9 Å². The molecule has 0 saturated carbocycles. The van der Waals surface area contributed by atoms with E-state index in [1.165, 1.54) is 0 Å². The second kappa shape index (κ2) is 4.46. The lowest BCUT2D eigenvalue weighted by molar-refractivity contribution is 0.380. The Labute approximate surface area is 102 Å². The molecule has 0 atom stereocenters. The van der Waals surface area contributed by atoms with Crippen molar-refractivity contribution in [3.8, 4) is 11.4 Å². The number of hydrogen-bond acceptors (Lipinski definition) is 4. The summed E-state index contributed by atoms with van der Waals surface area (Å²) in [6.07, 6.45) is 0. The standard InChI is InChI=1S/C9H5BrF3N3O/c10-7-4(12)1-3(11)6(8(7)13)9-15-5(2-14)17-16-9/h1H,2,14H2. The van der Waals surface area contributed by atoms with Crippen LogP contribution in [0.25, 0.3) is 11.4 Å². The van der Waals surface area contributed by atoms with E-state index in [2.05, 4.69) is 30.6 Å². The molecule has 90 valence electrons. The molecule has 0 spiro atoms. The van der Waals surface area contributed by atoms with Gasteiger partial charge in [0.05, 0.1) is 16.6 Å². The SMILES string of the molecule is NCc1nc(-c2c(F)cc(F)c(Br)c2F)no1. The number of hydrogen-bond donors (Lipinski definition) is 1. The molecule has 2 rings (SSSR count). The van der Waals surface area contributed by atoms with Gasteiger partial charge in [-0.05, 0) is 15.9 Å². The Morgan fingerprint density at radius 1 is 1.29 bits per heavy atom. The van der Waals surface area contributed by atoms with Gasteiger partial charge in [-0.3, -0.25) is 0 Å². The number of nitrogens with two attached hydrogens (primary N) is 1. The predicted molar refractivity (Wildman–Crippen MR) is 55.2 cm³/mol. The van der Waals surface area contributed by atoms with Crippen LogP contribution in [0.1, 0.15) is 5.89 Å². The number of aromatic nitrogens is 2. The minimum absolute atomic E-state index is 0.0271. The second-order valence-electron chi connectivity index (χ2n) is 3.06. The summed E-state index contributed by atoms with van der Waals surface area (Å²) < 4.78 is 44.2. The molecule has 0 radical (unpaired) electrons. The van der Waals surface area contributed by atoms with E-state index in [9.17, 15) is 13.2 Å². The first kappa shape index (κ1) is 12.1. The summed E-state index contributed by atoms with van der Waals surface area (Å²) in [5.41, 5.74) is 4.65. The third kappa shape index (κ3) is 2.05. The highest BCUT2D eigenvalue weighted by molar-refractivity contribution is 9.10. The Morgan fingerprint density at radius 2 is 2.00 bits per heavy atom. The Morgan fingerprint density at radius 3 is 2.59 bits per heavy atom. The molecule has 0 fully saturated rings. The fourth-order valence-electron chi connectivity index (χ4n) is 1.21.